The molecule has 5 nitrogen and oxygen atoms in total. The third-order valence-corrected chi connectivity index (χ3v) is 3.82. The van der Waals surface area contributed by atoms with E-state index in [1.165, 1.54) is 0 Å². The summed E-state index contributed by atoms with van der Waals surface area (Å²) in [6.45, 7) is 1.70. The van der Waals surface area contributed by atoms with Gasteiger partial charge in [-0.15, -0.1) is 0 Å². The minimum atomic E-state index is -3.21. The van der Waals surface area contributed by atoms with Crippen LogP contribution < -0.4 is 4.72 Å². The number of hydrogen-bond acceptors (Lipinski definition) is 4. The lowest BCUT2D eigenvalue weighted by Crippen LogP contribution is -2.24. The number of aromatic nitrogens is 1. The third-order valence-electron chi connectivity index (χ3n) is 2.47. The molecule has 1 N–H and O–H groups in total. The Morgan fingerprint density at radius 2 is 2.00 bits per heavy atom. The number of nitrogens with zero attached hydrogens (tertiary/aromatic N) is 1. The van der Waals surface area contributed by atoms with Gasteiger partial charge in [0.05, 0.1) is 12.3 Å². The first-order valence-corrected chi connectivity index (χ1v) is 7.24. The molecule has 2 rings (SSSR count). The van der Waals surface area contributed by atoms with E-state index in [0.717, 1.165) is 5.56 Å². The standard InChI is InChI=1S/C12H14N2O3S/c1-2-18(15,16)13-9-11-8-12(14-17-11)10-6-4-3-5-7-10/h3-8,13H,2,9H2,1H3. The van der Waals surface area contributed by atoms with Crippen LogP contribution in [0.1, 0.15) is 12.7 Å². The minimum Gasteiger partial charge on any atom is -0.359 e. The van der Waals surface area contributed by atoms with Crippen molar-refractivity contribution >= 4 is 10.0 Å². The maximum absolute atomic E-state index is 11.3. The van der Waals surface area contributed by atoms with E-state index in [1.54, 1.807) is 13.0 Å². The minimum absolute atomic E-state index is 0.0483. The summed E-state index contributed by atoms with van der Waals surface area (Å²) in [5.41, 5.74) is 1.63. The van der Waals surface area contributed by atoms with Crippen molar-refractivity contribution in [3.8, 4) is 11.3 Å². The maximum Gasteiger partial charge on any atom is 0.211 e. The van der Waals surface area contributed by atoms with E-state index >= 15 is 0 Å². The second-order valence-electron chi connectivity index (χ2n) is 3.77. The lowest BCUT2D eigenvalue weighted by Gasteiger charge is -1.99. The lowest BCUT2D eigenvalue weighted by atomic mass is 10.1. The fourth-order valence-corrected chi connectivity index (χ4v) is 1.99. The van der Waals surface area contributed by atoms with Crippen LogP contribution in [0.4, 0.5) is 0 Å². The van der Waals surface area contributed by atoms with E-state index in [0.29, 0.717) is 11.5 Å². The van der Waals surface area contributed by atoms with Gasteiger partial charge in [0, 0.05) is 11.6 Å². The van der Waals surface area contributed by atoms with Crippen LogP contribution >= 0.6 is 0 Å². The first kappa shape index (κ1) is 12.8. The smallest absolute Gasteiger partial charge is 0.211 e. The molecule has 0 saturated heterocycles. The molecule has 0 atom stereocenters. The number of rotatable bonds is 5. The summed E-state index contributed by atoms with van der Waals surface area (Å²) in [7, 11) is -3.21. The first-order chi connectivity index (χ1) is 8.61. The van der Waals surface area contributed by atoms with Crippen LogP contribution in [0.25, 0.3) is 11.3 Å². The molecule has 0 aliphatic heterocycles. The highest BCUT2D eigenvalue weighted by atomic mass is 32.2. The van der Waals surface area contributed by atoms with Crippen LogP contribution in [0, 0.1) is 0 Å². The van der Waals surface area contributed by atoms with Crippen molar-refractivity contribution < 1.29 is 12.9 Å². The van der Waals surface area contributed by atoms with Crippen LogP contribution in [0.5, 0.6) is 0 Å². The molecule has 0 aliphatic rings. The summed E-state index contributed by atoms with van der Waals surface area (Å²) in [6.07, 6.45) is 0. The Kier molecular flexibility index (Phi) is 3.78. The molecule has 96 valence electrons. The SMILES string of the molecule is CCS(=O)(=O)NCc1cc(-c2ccccc2)no1. The lowest BCUT2D eigenvalue weighted by molar-refractivity contribution is 0.382. The van der Waals surface area contributed by atoms with Crippen LogP contribution in [-0.4, -0.2) is 19.3 Å². The van der Waals surface area contributed by atoms with Crippen LogP contribution in [-0.2, 0) is 16.6 Å². The van der Waals surface area contributed by atoms with Crippen molar-refractivity contribution in [1.29, 1.82) is 0 Å². The highest BCUT2D eigenvalue weighted by molar-refractivity contribution is 7.89. The van der Waals surface area contributed by atoms with Crippen LogP contribution in [0.3, 0.4) is 0 Å². The fourth-order valence-electron chi connectivity index (χ4n) is 1.42. The topological polar surface area (TPSA) is 72.2 Å². The van der Waals surface area contributed by atoms with Gasteiger partial charge in [-0.05, 0) is 6.92 Å². The van der Waals surface area contributed by atoms with E-state index in [4.69, 9.17) is 4.52 Å². The van der Waals surface area contributed by atoms with Crippen molar-refractivity contribution in [3.05, 3.63) is 42.2 Å². The molecular weight excluding hydrogens is 252 g/mol. The summed E-state index contributed by atoms with van der Waals surface area (Å²) in [5.74, 6) is 0.540. The van der Waals surface area contributed by atoms with E-state index in [9.17, 15) is 8.42 Å². The Balaban J connectivity index is 2.08. The highest BCUT2D eigenvalue weighted by Gasteiger charge is 2.10. The van der Waals surface area contributed by atoms with Gasteiger partial charge in [-0.25, -0.2) is 13.1 Å². The largest absolute Gasteiger partial charge is 0.359 e. The molecule has 1 aromatic heterocycles. The monoisotopic (exact) mass is 266 g/mol. The number of benzene rings is 1. The van der Waals surface area contributed by atoms with E-state index in [-0.39, 0.29) is 12.3 Å². The zero-order chi connectivity index (χ0) is 13.0. The van der Waals surface area contributed by atoms with Crippen LogP contribution in [0.2, 0.25) is 0 Å². The summed E-state index contributed by atoms with van der Waals surface area (Å²) >= 11 is 0. The molecule has 0 spiro atoms. The molecule has 2 aromatic rings. The van der Waals surface area contributed by atoms with Gasteiger partial charge in [-0.3, -0.25) is 0 Å². The Labute approximate surface area is 106 Å². The molecular formula is C12H14N2O3S. The molecule has 18 heavy (non-hydrogen) atoms. The second kappa shape index (κ2) is 5.32. The molecule has 6 heteroatoms. The summed E-state index contributed by atoms with van der Waals surface area (Å²) < 4.78 is 30.1. The molecule has 0 aliphatic carbocycles. The zero-order valence-electron chi connectivity index (χ0n) is 9.96. The summed E-state index contributed by atoms with van der Waals surface area (Å²) in [4.78, 5) is 0. The van der Waals surface area contributed by atoms with Crippen molar-refractivity contribution in [2.75, 3.05) is 5.75 Å². The van der Waals surface area contributed by atoms with Crippen LogP contribution in [0.15, 0.2) is 40.9 Å². The van der Waals surface area contributed by atoms with Crippen molar-refractivity contribution in [2.45, 2.75) is 13.5 Å². The maximum atomic E-state index is 11.3. The number of nitrogens with one attached hydrogen (secondary N) is 1. The molecule has 0 saturated carbocycles. The van der Waals surface area contributed by atoms with Gasteiger partial charge >= 0.3 is 0 Å². The zero-order valence-corrected chi connectivity index (χ0v) is 10.8. The number of hydrogen-bond donors (Lipinski definition) is 1. The Hall–Kier alpha value is -1.66. The van der Waals surface area contributed by atoms with Gasteiger partial charge < -0.3 is 4.52 Å². The normalized spacial score (nSPS) is 11.6. The first-order valence-electron chi connectivity index (χ1n) is 5.59. The second-order valence-corrected chi connectivity index (χ2v) is 5.86. The fraction of sp³-hybridized carbons (Fsp3) is 0.250. The molecule has 1 heterocycles. The average molecular weight is 266 g/mol. The van der Waals surface area contributed by atoms with Crippen molar-refractivity contribution in [1.82, 2.24) is 9.88 Å². The van der Waals surface area contributed by atoms with Gasteiger partial charge in [0.1, 0.15) is 5.69 Å². The van der Waals surface area contributed by atoms with Crippen molar-refractivity contribution in [2.24, 2.45) is 0 Å². The summed E-state index contributed by atoms with van der Waals surface area (Å²) in [6, 6.07) is 11.3. The predicted octanol–water partition coefficient (Wildman–Crippen LogP) is 1.78. The molecule has 0 amide bonds. The van der Waals surface area contributed by atoms with Gasteiger partial charge in [0.25, 0.3) is 0 Å². The quantitative estimate of drug-likeness (QED) is 0.895. The molecule has 0 unspecified atom stereocenters. The average Bonchev–Trinajstić information content (AvgIpc) is 2.86. The Bertz CT molecular complexity index is 605. The molecule has 0 fully saturated rings. The summed E-state index contributed by atoms with van der Waals surface area (Å²) in [5, 5.41) is 3.90. The van der Waals surface area contributed by atoms with E-state index < -0.39 is 10.0 Å². The Morgan fingerprint density at radius 1 is 1.28 bits per heavy atom. The van der Waals surface area contributed by atoms with E-state index in [2.05, 4.69) is 9.88 Å². The number of sulfonamides is 1. The Morgan fingerprint density at radius 3 is 2.67 bits per heavy atom. The van der Waals surface area contributed by atoms with Gasteiger partial charge in [-0.1, -0.05) is 35.5 Å². The molecule has 0 radical (unpaired) electrons. The third kappa shape index (κ3) is 3.18. The molecule has 1 aromatic carbocycles. The highest BCUT2D eigenvalue weighted by Crippen LogP contribution is 2.18. The van der Waals surface area contributed by atoms with Crippen molar-refractivity contribution in [3.63, 3.8) is 0 Å². The van der Waals surface area contributed by atoms with Gasteiger partial charge in [0.2, 0.25) is 10.0 Å². The van der Waals surface area contributed by atoms with Gasteiger partial charge in [0.15, 0.2) is 5.76 Å². The van der Waals surface area contributed by atoms with E-state index in [1.807, 2.05) is 30.3 Å². The molecule has 0 bridgehead atoms. The van der Waals surface area contributed by atoms with Gasteiger partial charge in [-0.2, -0.15) is 0 Å². The predicted molar refractivity (Wildman–Crippen MR) is 68.2 cm³/mol.